The number of fused-ring (bicyclic) bond motifs is 2. The number of ether oxygens (including phenoxy) is 2. The molecule has 2 N–H and O–H groups in total. The molecule has 0 aliphatic heterocycles. The number of hydrogen-bond donors (Lipinski definition) is 2. The molecule has 4 aliphatic rings. The Hall–Kier alpha value is -1.14. The molecule has 0 saturated heterocycles. The van der Waals surface area contributed by atoms with Crippen LogP contribution in [0, 0.1) is 28.6 Å². The lowest BCUT2D eigenvalue weighted by Gasteiger charge is -2.59. The van der Waals surface area contributed by atoms with Crippen LogP contribution in [-0.2, 0) is 19.1 Å². The van der Waals surface area contributed by atoms with Crippen LogP contribution in [-0.4, -0.2) is 50.0 Å². The van der Waals surface area contributed by atoms with Crippen LogP contribution in [0.25, 0.3) is 0 Å². The highest BCUT2D eigenvalue weighted by molar-refractivity contribution is 5.77. The van der Waals surface area contributed by atoms with Crippen LogP contribution >= 0.6 is 0 Å². The molecular weight excluding hydrogens is 322 g/mol. The Bertz CT molecular complexity index is 546. The van der Waals surface area contributed by atoms with E-state index in [1.807, 2.05) is 0 Å². The first kappa shape index (κ1) is 17.3. The fourth-order valence-corrected chi connectivity index (χ4v) is 6.91. The van der Waals surface area contributed by atoms with E-state index in [4.69, 9.17) is 14.6 Å². The lowest BCUT2D eigenvalue weighted by atomic mass is 9.45. The molecule has 4 fully saturated rings. The molecule has 3 bridgehead atoms. The van der Waals surface area contributed by atoms with Crippen molar-refractivity contribution in [1.29, 1.82) is 0 Å². The topological polar surface area (TPSA) is 84.9 Å². The number of amides is 1. The van der Waals surface area contributed by atoms with Crippen molar-refractivity contribution in [3.8, 4) is 0 Å². The predicted octanol–water partition coefficient (Wildman–Crippen LogP) is 1.83. The third kappa shape index (κ3) is 2.97. The van der Waals surface area contributed by atoms with Gasteiger partial charge in [0.05, 0.1) is 19.8 Å². The predicted molar refractivity (Wildman–Crippen MR) is 89.9 cm³/mol. The molecule has 5 atom stereocenters. The molecule has 0 aromatic heterocycles. The molecular formula is C19H29NO5. The maximum Gasteiger partial charge on any atom is 0.329 e. The summed E-state index contributed by atoms with van der Waals surface area (Å²) < 4.78 is 10.2. The summed E-state index contributed by atoms with van der Waals surface area (Å²) in [7, 11) is 0. The second kappa shape index (κ2) is 6.54. The number of carboxylic acids is 1. The largest absolute Gasteiger partial charge is 0.480 e. The van der Waals surface area contributed by atoms with Crippen molar-refractivity contribution < 1.29 is 24.2 Å². The Labute approximate surface area is 148 Å². The first-order chi connectivity index (χ1) is 12.0. The zero-order chi connectivity index (χ0) is 17.5. The Kier molecular flexibility index (Phi) is 4.52. The minimum atomic E-state index is -0.977. The average molecular weight is 351 g/mol. The maximum atomic E-state index is 12.4. The Morgan fingerprint density at radius 3 is 2.64 bits per heavy atom. The van der Waals surface area contributed by atoms with Gasteiger partial charge in [-0.25, -0.2) is 4.79 Å². The van der Waals surface area contributed by atoms with Gasteiger partial charge in [0, 0.05) is 13.0 Å². The molecule has 1 spiro atoms. The Morgan fingerprint density at radius 2 is 1.80 bits per heavy atom. The normalized spacial score (nSPS) is 39.9. The molecule has 140 valence electrons. The highest BCUT2D eigenvalue weighted by Crippen LogP contribution is 2.82. The molecule has 25 heavy (non-hydrogen) atoms. The van der Waals surface area contributed by atoms with Gasteiger partial charge in [-0.05, 0) is 67.1 Å². The van der Waals surface area contributed by atoms with Gasteiger partial charge < -0.3 is 19.9 Å². The molecule has 6 nitrogen and oxygen atoms in total. The summed E-state index contributed by atoms with van der Waals surface area (Å²) in [6.45, 7) is 1.26. The van der Waals surface area contributed by atoms with Gasteiger partial charge in [-0.3, -0.25) is 4.79 Å². The molecule has 1 amide bonds. The highest BCUT2D eigenvalue weighted by Gasteiger charge is 2.74. The minimum Gasteiger partial charge on any atom is -0.480 e. The lowest BCUT2D eigenvalue weighted by Crippen LogP contribution is -2.54. The molecule has 0 aromatic rings. The van der Waals surface area contributed by atoms with Crippen molar-refractivity contribution in [2.75, 3.05) is 33.0 Å². The van der Waals surface area contributed by atoms with Gasteiger partial charge in [0.1, 0.15) is 6.61 Å². The lowest BCUT2D eigenvalue weighted by molar-refractivity contribution is -0.143. The van der Waals surface area contributed by atoms with Gasteiger partial charge in [0.2, 0.25) is 5.91 Å². The fourth-order valence-electron chi connectivity index (χ4n) is 6.91. The standard InChI is InChI=1S/C19H29NO5/c21-16(20-1-2-24-3-4-25-12-17(22)23)11-18-7-14-5-13-6-15(10-18)19(18,8-13)9-14/h13-15H,1-12H2,(H,20,21)(H,22,23). The van der Waals surface area contributed by atoms with Crippen LogP contribution < -0.4 is 5.32 Å². The third-order valence-corrected chi connectivity index (χ3v) is 7.41. The van der Waals surface area contributed by atoms with Crippen LogP contribution in [0.15, 0.2) is 0 Å². The van der Waals surface area contributed by atoms with Gasteiger partial charge >= 0.3 is 5.97 Å². The number of aliphatic carboxylic acids is 1. The summed E-state index contributed by atoms with van der Waals surface area (Å²) in [6, 6.07) is 0. The van der Waals surface area contributed by atoms with Crippen LogP contribution in [0.4, 0.5) is 0 Å². The average Bonchev–Trinajstić information content (AvgIpc) is 2.85. The summed E-state index contributed by atoms with van der Waals surface area (Å²) in [5.74, 6) is 1.94. The second-order valence-electron chi connectivity index (χ2n) is 8.74. The number of rotatable bonds is 10. The van der Waals surface area contributed by atoms with Crippen LogP contribution in [0.2, 0.25) is 0 Å². The molecule has 6 heteroatoms. The fraction of sp³-hybridized carbons (Fsp3) is 0.895. The van der Waals surface area contributed by atoms with E-state index in [0.29, 0.717) is 37.0 Å². The van der Waals surface area contributed by atoms with Crippen LogP contribution in [0.1, 0.15) is 44.9 Å². The number of carboxylic acid groups (broad SMARTS) is 1. The third-order valence-electron chi connectivity index (χ3n) is 7.41. The van der Waals surface area contributed by atoms with E-state index in [0.717, 1.165) is 17.8 Å². The Morgan fingerprint density at radius 1 is 1.00 bits per heavy atom. The van der Waals surface area contributed by atoms with Crippen molar-refractivity contribution >= 4 is 11.9 Å². The Balaban J connectivity index is 1.14. The SMILES string of the molecule is O=C(O)COCCOCCNC(=O)CC12CC3CC4CC(C1)C2(C4)C3. The van der Waals surface area contributed by atoms with Crippen LogP contribution in [0.5, 0.6) is 0 Å². The summed E-state index contributed by atoms with van der Waals surface area (Å²) in [4.78, 5) is 22.7. The number of carbonyl (C=O) groups is 2. The molecule has 5 unspecified atom stereocenters. The summed E-state index contributed by atoms with van der Waals surface area (Å²) in [5, 5.41) is 11.4. The molecule has 0 aromatic carbocycles. The first-order valence-corrected chi connectivity index (χ1v) is 9.67. The molecule has 4 aliphatic carbocycles. The first-order valence-electron chi connectivity index (χ1n) is 9.67. The zero-order valence-corrected chi connectivity index (χ0v) is 14.8. The summed E-state index contributed by atoms with van der Waals surface area (Å²) in [6.07, 6.45) is 8.89. The maximum absolute atomic E-state index is 12.4. The van der Waals surface area contributed by atoms with Gasteiger partial charge in [0.15, 0.2) is 0 Å². The van der Waals surface area contributed by atoms with Crippen molar-refractivity contribution in [1.82, 2.24) is 5.32 Å². The number of carbonyl (C=O) groups excluding carboxylic acids is 1. The molecule has 0 radical (unpaired) electrons. The summed E-state index contributed by atoms with van der Waals surface area (Å²) >= 11 is 0. The van der Waals surface area contributed by atoms with E-state index in [1.54, 1.807) is 0 Å². The van der Waals surface area contributed by atoms with Crippen molar-refractivity contribution in [3.05, 3.63) is 0 Å². The van der Waals surface area contributed by atoms with E-state index in [1.165, 1.54) is 38.5 Å². The number of nitrogens with one attached hydrogen (secondary N) is 1. The zero-order valence-electron chi connectivity index (χ0n) is 14.8. The molecule has 4 rings (SSSR count). The van der Waals surface area contributed by atoms with E-state index in [9.17, 15) is 9.59 Å². The van der Waals surface area contributed by atoms with Crippen LogP contribution in [0.3, 0.4) is 0 Å². The van der Waals surface area contributed by atoms with E-state index in [2.05, 4.69) is 5.32 Å². The minimum absolute atomic E-state index is 0.176. The van der Waals surface area contributed by atoms with E-state index >= 15 is 0 Å². The van der Waals surface area contributed by atoms with E-state index in [-0.39, 0.29) is 19.1 Å². The van der Waals surface area contributed by atoms with Gasteiger partial charge in [-0.15, -0.1) is 0 Å². The van der Waals surface area contributed by atoms with Crippen molar-refractivity contribution in [2.45, 2.75) is 44.9 Å². The quantitative estimate of drug-likeness (QED) is 0.587. The summed E-state index contributed by atoms with van der Waals surface area (Å²) in [5.41, 5.74) is 0.832. The van der Waals surface area contributed by atoms with E-state index < -0.39 is 5.97 Å². The van der Waals surface area contributed by atoms with Gasteiger partial charge in [0.25, 0.3) is 0 Å². The van der Waals surface area contributed by atoms with Crippen molar-refractivity contribution in [2.24, 2.45) is 28.6 Å². The smallest absolute Gasteiger partial charge is 0.329 e. The van der Waals surface area contributed by atoms with Gasteiger partial charge in [-0.2, -0.15) is 0 Å². The second-order valence-corrected chi connectivity index (χ2v) is 8.74. The van der Waals surface area contributed by atoms with Gasteiger partial charge in [-0.1, -0.05) is 0 Å². The molecule has 4 saturated carbocycles. The highest BCUT2D eigenvalue weighted by atomic mass is 16.5. The number of hydrogen-bond acceptors (Lipinski definition) is 4. The monoisotopic (exact) mass is 351 g/mol. The van der Waals surface area contributed by atoms with Crippen molar-refractivity contribution in [3.63, 3.8) is 0 Å². The molecule has 0 heterocycles.